The molecule has 8 nitrogen and oxygen atoms in total. The van der Waals surface area contributed by atoms with Gasteiger partial charge in [0.2, 0.25) is 0 Å². The average molecular weight is 583 g/mol. The third-order valence-corrected chi connectivity index (χ3v) is 7.84. The molecule has 202 valence electrons. The van der Waals surface area contributed by atoms with Crippen LogP contribution in [0.25, 0.3) is 5.57 Å². The number of carbonyl (C=O) groups is 2. The number of carbonyl (C=O) groups excluding carboxylic acids is 2. The van der Waals surface area contributed by atoms with Gasteiger partial charge < -0.3 is 24.4 Å². The molecular weight excluding hydrogens is 546 g/mol. The number of amidine groups is 1. The summed E-state index contributed by atoms with van der Waals surface area (Å²) >= 11 is 3.71. The number of nitrogens with zero attached hydrogens (tertiary/aromatic N) is 4. The standard InChI is InChI=1S/C29H36BrN5O3/c1-29(2,3)38-28(37)32-20-8-7-15-34(18-20)27(36)22-16-31-26(33(4)23-10-6-5-9-21(22)23)24-13-14-25(30)35(24)17-19-11-12-19/h5-6,9-10,13-14,16,19-20H,7-8,11-12,15,17-18H2,1-4H3,(H,32,37)/t20-/m1/s1. The molecule has 0 radical (unpaired) electrons. The summed E-state index contributed by atoms with van der Waals surface area (Å²) in [4.78, 5) is 35.0. The summed E-state index contributed by atoms with van der Waals surface area (Å²) < 4.78 is 8.73. The van der Waals surface area contributed by atoms with Crippen molar-refractivity contribution in [2.24, 2.45) is 10.9 Å². The van der Waals surface area contributed by atoms with Crippen LogP contribution in [-0.2, 0) is 16.1 Å². The third-order valence-electron chi connectivity index (χ3n) is 7.14. The minimum Gasteiger partial charge on any atom is -0.444 e. The summed E-state index contributed by atoms with van der Waals surface area (Å²) in [5.74, 6) is 1.42. The Morgan fingerprint density at radius 1 is 1.13 bits per heavy atom. The number of hydrogen-bond acceptors (Lipinski definition) is 5. The largest absolute Gasteiger partial charge is 0.444 e. The Morgan fingerprint density at radius 3 is 2.63 bits per heavy atom. The number of fused-ring (bicyclic) bond motifs is 1. The van der Waals surface area contributed by atoms with Crippen molar-refractivity contribution in [3.63, 3.8) is 0 Å². The Balaban J connectivity index is 1.42. The number of benzene rings is 1. The number of para-hydroxylation sites is 1. The number of halogens is 1. The smallest absolute Gasteiger partial charge is 0.407 e. The first kappa shape index (κ1) is 26.5. The van der Waals surface area contributed by atoms with E-state index in [9.17, 15) is 9.59 Å². The van der Waals surface area contributed by atoms with Crippen LogP contribution >= 0.6 is 15.9 Å². The van der Waals surface area contributed by atoms with Gasteiger partial charge in [-0.3, -0.25) is 4.79 Å². The Bertz CT molecular complexity index is 1290. The maximum atomic E-state index is 13.9. The molecule has 0 bridgehead atoms. The molecule has 1 N–H and O–H groups in total. The number of anilines is 1. The van der Waals surface area contributed by atoms with E-state index in [2.05, 4.69) is 42.8 Å². The Labute approximate surface area is 232 Å². The fourth-order valence-electron chi connectivity index (χ4n) is 5.10. The van der Waals surface area contributed by atoms with Crippen molar-refractivity contribution in [2.45, 2.75) is 64.6 Å². The molecule has 1 aromatic heterocycles. The zero-order valence-electron chi connectivity index (χ0n) is 22.5. The van der Waals surface area contributed by atoms with E-state index in [-0.39, 0.29) is 11.9 Å². The minimum atomic E-state index is -0.570. The van der Waals surface area contributed by atoms with Crippen LogP contribution in [0.15, 0.2) is 52.2 Å². The maximum Gasteiger partial charge on any atom is 0.407 e. The molecule has 2 fully saturated rings. The molecule has 9 heteroatoms. The number of hydrogen-bond donors (Lipinski definition) is 1. The van der Waals surface area contributed by atoms with Crippen molar-refractivity contribution in [3.05, 3.63) is 58.5 Å². The summed E-state index contributed by atoms with van der Waals surface area (Å²) in [6.45, 7) is 7.54. The number of piperidine rings is 1. The molecule has 1 saturated carbocycles. The van der Waals surface area contributed by atoms with E-state index in [0.717, 1.165) is 46.8 Å². The fraction of sp³-hybridized carbons (Fsp3) is 0.483. The summed E-state index contributed by atoms with van der Waals surface area (Å²) in [6.07, 6.45) is 5.38. The number of aromatic nitrogens is 1. The molecule has 1 saturated heterocycles. The van der Waals surface area contributed by atoms with Crippen LogP contribution in [0.2, 0.25) is 0 Å². The number of aliphatic imine (C=N–C) groups is 1. The van der Waals surface area contributed by atoms with Gasteiger partial charge in [0.05, 0.1) is 21.6 Å². The van der Waals surface area contributed by atoms with E-state index in [4.69, 9.17) is 9.73 Å². The highest BCUT2D eigenvalue weighted by Crippen LogP contribution is 2.35. The second-order valence-corrected chi connectivity index (χ2v) is 12.2. The number of rotatable bonds is 5. The molecule has 0 unspecified atom stereocenters. The highest BCUT2D eigenvalue weighted by Gasteiger charge is 2.32. The van der Waals surface area contributed by atoms with Gasteiger partial charge in [-0.25, -0.2) is 9.79 Å². The molecule has 38 heavy (non-hydrogen) atoms. The summed E-state index contributed by atoms with van der Waals surface area (Å²) in [5.41, 5.74) is 2.78. The van der Waals surface area contributed by atoms with E-state index in [1.54, 1.807) is 6.20 Å². The van der Waals surface area contributed by atoms with Gasteiger partial charge in [-0.1, -0.05) is 18.2 Å². The molecular formula is C29H36BrN5O3. The number of ether oxygens (including phenoxy) is 1. The zero-order valence-corrected chi connectivity index (χ0v) is 24.1. The quantitative estimate of drug-likeness (QED) is 0.511. The van der Waals surface area contributed by atoms with Crippen molar-refractivity contribution < 1.29 is 14.3 Å². The summed E-state index contributed by atoms with van der Waals surface area (Å²) in [6, 6.07) is 11.9. The lowest BCUT2D eigenvalue weighted by atomic mass is 10.00. The molecule has 1 atom stereocenters. The van der Waals surface area contributed by atoms with Gasteiger partial charge in [0.25, 0.3) is 5.91 Å². The molecule has 2 amide bonds. The van der Waals surface area contributed by atoms with Gasteiger partial charge in [0, 0.05) is 44.5 Å². The van der Waals surface area contributed by atoms with Crippen molar-refractivity contribution >= 4 is 45.0 Å². The molecule has 3 heterocycles. The van der Waals surface area contributed by atoms with E-state index < -0.39 is 11.7 Å². The lowest BCUT2D eigenvalue weighted by molar-refractivity contribution is -0.126. The predicted octanol–water partition coefficient (Wildman–Crippen LogP) is 5.41. The first-order valence-corrected chi connectivity index (χ1v) is 14.2. The van der Waals surface area contributed by atoms with Gasteiger partial charge in [0.1, 0.15) is 5.60 Å². The normalized spacial score (nSPS) is 19.8. The van der Waals surface area contributed by atoms with Crippen molar-refractivity contribution in [1.29, 1.82) is 0 Å². The average Bonchev–Trinajstić information content (AvgIpc) is 3.64. The first-order valence-electron chi connectivity index (χ1n) is 13.4. The van der Waals surface area contributed by atoms with Crippen LogP contribution < -0.4 is 10.2 Å². The van der Waals surface area contributed by atoms with Crippen LogP contribution in [0, 0.1) is 5.92 Å². The Morgan fingerprint density at radius 2 is 1.89 bits per heavy atom. The number of likely N-dealkylation sites (tertiary alicyclic amines) is 1. The number of nitrogens with one attached hydrogen (secondary N) is 1. The molecule has 2 aliphatic heterocycles. The Kier molecular flexibility index (Phi) is 7.40. The molecule has 3 aliphatic rings. The fourth-order valence-corrected chi connectivity index (χ4v) is 5.57. The van der Waals surface area contributed by atoms with Crippen molar-refractivity contribution in [1.82, 2.24) is 14.8 Å². The van der Waals surface area contributed by atoms with Crippen molar-refractivity contribution in [2.75, 3.05) is 25.0 Å². The summed E-state index contributed by atoms with van der Waals surface area (Å²) in [7, 11) is 2.00. The first-order chi connectivity index (χ1) is 18.1. The molecule has 0 spiro atoms. The molecule has 1 aromatic carbocycles. The Hall–Kier alpha value is -3.07. The predicted molar refractivity (Wildman–Crippen MR) is 153 cm³/mol. The zero-order chi connectivity index (χ0) is 27.0. The summed E-state index contributed by atoms with van der Waals surface area (Å²) in [5, 5.41) is 2.94. The van der Waals surface area contributed by atoms with Gasteiger partial charge in [-0.2, -0.15) is 0 Å². The molecule has 2 aromatic rings. The third kappa shape index (κ3) is 5.82. The lowest BCUT2D eigenvalue weighted by Crippen LogP contribution is -2.50. The second-order valence-electron chi connectivity index (χ2n) is 11.4. The van der Waals surface area contributed by atoms with Gasteiger partial charge in [-0.15, -0.1) is 0 Å². The SMILES string of the molecule is CN1C(c2ccc(Br)n2CC2CC2)=NC=C(C(=O)N2CCC[C@@H](NC(=O)OC(C)(C)C)C2)c2ccccc21. The minimum absolute atomic E-state index is 0.0823. The van der Waals surface area contributed by atoms with Gasteiger partial charge in [0.15, 0.2) is 5.84 Å². The number of alkyl carbamates (subject to hydrolysis) is 1. The highest BCUT2D eigenvalue weighted by molar-refractivity contribution is 9.10. The van der Waals surface area contributed by atoms with Crippen LogP contribution in [0.4, 0.5) is 10.5 Å². The van der Waals surface area contributed by atoms with E-state index >= 15 is 0 Å². The second kappa shape index (κ2) is 10.6. The molecule has 5 rings (SSSR count). The van der Waals surface area contributed by atoms with Gasteiger partial charge >= 0.3 is 6.09 Å². The number of amides is 2. The van der Waals surface area contributed by atoms with Crippen molar-refractivity contribution in [3.8, 4) is 0 Å². The lowest BCUT2D eigenvalue weighted by Gasteiger charge is -2.34. The highest BCUT2D eigenvalue weighted by atomic mass is 79.9. The van der Waals surface area contributed by atoms with Crippen LogP contribution in [0.3, 0.4) is 0 Å². The van der Waals surface area contributed by atoms with Gasteiger partial charge in [-0.05, 0) is 86.5 Å². The van der Waals surface area contributed by atoms with E-state index in [1.807, 2.05) is 57.0 Å². The monoisotopic (exact) mass is 581 g/mol. The van der Waals surface area contributed by atoms with E-state index in [0.29, 0.717) is 24.6 Å². The molecule has 1 aliphatic carbocycles. The van der Waals surface area contributed by atoms with E-state index in [1.165, 1.54) is 12.8 Å². The van der Waals surface area contributed by atoms with Crippen LogP contribution in [-0.4, -0.2) is 59.1 Å². The topological polar surface area (TPSA) is 79.2 Å². The maximum absolute atomic E-state index is 13.9. The van der Waals surface area contributed by atoms with Crippen LogP contribution in [0.5, 0.6) is 0 Å². The van der Waals surface area contributed by atoms with Crippen LogP contribution in [0.1, 0.15) is 57.7 Å².